The third-order valence-corrected chi connectivity index (χ3v) is 5.91. The molecule has 0 spiro atoms. The molecule has 2 aromatic rings. The van der Waals surface area contributed by atoms with Crippen LogP contribution in [-0.2, 0) is 9.59 Å². The minimum atomic E-state index is -0.373. The van der Waals surface area contributed by atoms with E-state index in [1.54, 1.807) is 56.7 Å². The first-order chi connectivity index (χ1) is 15.0. The van der Waals surface area contributed by atoms with Crippen LogP contribution < -0.4 is 24.3 Å². The predicted octanol–water partition coefficient (Wildman–Crippen LogP) is 3.27. The van der Waals surface area contributed by atoms with E-state index in [0.717, 1.165) is 17.3 Å². The van der Waals surface area contributed by atoms with E-state index in [-0.39, 0.29) is 25.2 Å². The number of methoxy groups -OCH3 is 2. The van der Waals surface area contributed by atoms with Crippen molar-refractivity contribution in [3.05, 3.63) is 46.9 Å². The highest BCUT2D eigenvalue weighted by Gasteiger charge is 2.33. The van der Waals surface area contributed by atoms with E-state index in [4.69, 9.17) is 31.2 Å². The summed E-state index contributed by atoms with van der Waals surface area (Å²) < 4.78 is 21.4. The average molecular weight is 459 g/mol. The van der Waals surface area contributed by atoms with Gasteiger partial charge in [-0.2, -0.15) is 0 Å². The van der Waals surface area contributed by atoms with Crippen molar-refractivity contribution in [1.29, 1.82) is 0 Å². The van der Waals surface area contributed by atoms with E-state index in [0.29, 0.717) is 37.9 Å². The maximum atomic E-state index is 12.8. The average Bonchev–Trinajstić information content (AvgIpc) is 3.33. The number of carbonyl (C=O) groups excluding carboxylic acids is 2. The van der Waals surface area contributed by atoms with Crippen LogP contribution in [0.5, 0.6) is 23.0 Å². The number of hydrogen-bond donors (Lipinski definition) is 1. The molecule has 2 aliphatic rings. The van der Waals surface area contributed by atoms with Crippen LogP contribution in [0.25, 0.3) is 6.08 Å². The first kappa shape index (κ1) is 21.0. The van der Waals surface area contributed by atoms with Crippen molar-refractivity contribution >= 4 is 51.9 Å². The first-order valence-electron chi connectivity index (χ1n) is 9.15. The second-order valence-electron chi connectivity index (χ2n) is 6.50. The highest BCUT2D eigenvalue weighted by Crippen LogP contribution is 2.36. The van der Waals surface area contributed by atoms with Gasteiger partial charge in [-0.05, 0) is 35.9 Å². The second kappa shape index (κ2) is 8.86. The number of anilines is 1. The van der Waals surface area contributed by atoms with Crippen molar-refractivity contribution in [2.24, 2.45) is 0 Å². The molecule has 0 aromatic heterocycles. The smallest absolute Gasteiger partial charge is 0.266 e. The number of hydrogen-bond acceptors (Lipinski definition) is 8. The fraction of sp³-hybridized carbons (Fsp3) is 0.190. The molecular formula is C21H18N2O6S2. The summed E-state index contributed by atoms with van der Waals surface area (Å²) in [6, 6.07) is 10.4. The van der Waals surface area contributed by atoms with Gasteiger partial charge in [0.25, 0.3) is 5.91 Å². The van der Waals surface area contributed by atoms with Crippen molar-refractivity contribution in [1.82, 2.24) is 4.90 Å². The third-order valence-electron chi connectivity index (χ3n) is 4.54. The maximum absolute atomic E-state index is 12.8. The second-order valence-corrected chi connectivity index (χ2v) is 8.17. The summed E-state index contributed by atoms with van der Waals surface area (Å²) in [6.07, 6.45) is 1.71. The Kier molecular flexibility index (Phi) is 6.01. The fourth-order valence-corrected chi connectivity index (χ4v) is 4.30. The third kappa shape index (κ3) is 4.44. The molecule has 8 nitrogen and oxygen atoms in total. The van der Waals surface area contributed by atoms with Gasteiger partial charge in [-0.1, -0.05) is 30.0 Å². The molecular weight excluding hydrogens is 440 g/mol. The van der Waals surface area contributed by atoms with Gasteiger partial charge in [0.1, 0.15) is 10.9 Å². The molecule has 2 aliphatic heterocycles. The largest absolute Gasteiger partial charge is 0.493 e. The lowest BCUT2D eigenvalue weighted by atomic mass is 10.2. The molecule has 0 atom stereocenters. The van der Waals surface area contributed by atoms with Gasteiger partial charge in [-0.3, -0.25) is 14.5 Å². The number of thioether (sulfide) groups is 1. The monoisotopic (exact) mass is 458 g/mol. The highest BCUT2D eigenvalue weighted by atomic mass is 32.2. The molecule has 0 radical (unpaired) electrons. The lowest BCUT2D eigenvalue weighted by molar-refractivity contribution is -0.126. The van der Waals surface area contributed by atoms with Crippen molar-refractivity contribution in [3.63, 3.8) is 0 Å². The van der Waals surface area contributed by atoms with Gasteiger partial charge in [0, 0.05) is 11.8 Å². The van der Waals surface area contributed by atoms with Gasteiger partial charge in [0.15, 0.2) is 23.0 Å². The first-order valence-corrected chi connectivity index (χ1v) is 10.4. The standard InChI is InChI=1S/C21H18N2O6S2/c1-26-14-5-3-12(7-16(14)27-2)8-18-20(25)23(21(30)31-18)10-19(24)22-13-4-6-15-17(9-13)29-11-28-15/h3-9H,10-11H2,1-2H3,(H,22,24)/b18-8+. The van der Waals surface area contributed by atoms with Crippen molar-refractivity contribution < 1.29 is 28.5 Å². The highest BCUT2D eigenvalue weighted by molar-refractivity contribution is 8.26. The molecule has 1 fully saturated rings. The Morgan fingerprint density at radius 2 is 1.94 bits per heavy atom. The van der Waals surface area contributed by atoms with Crippen LogP contribution in [-0.4, -0.2) is 48.6 Å². The van der Waals surface area contributed by atoms with E-state index in [2.05, 4.69) is 5.32 Å². The number of nitrogens with one attached hydrogen (secondary N) is 1. The van der Waals surface area contributed by atoms with Gasteiger partial charge in [0.2, 0.25) is 12.7 Å². The van der Waals surface area contributed by atoms with Crippen LogP contribution in [0.1, 0.15) is 5.56 Å². The minimum Gasteiger partial charge on any atom is -0.493 e. The number of thiocarbonyl (C=S) groups is 1. The number of carbonyl (C=O) groups is 2. The summed E-state index contributed by atoms with van der Waals surface area (Å²) in [7, 11) is 3.09. The molecule has 2 heterocycles. The van der Waals surface area contributed by atoms with Gasteiger partial charge in [-0.15, -0.1) is 0 Å². The zero-order valence-corrected chi connectivity index (χ0v) is 18.3. The zero-order chi connectivity index (χ0) is 22.0. The lowest BCUT2D eigenvalue weighted by Gasteiger charge is -2.14. The summed E-state index contributed by atoms with van der Waals surface area (Å²) in [5.74, 6) is 1.62. The van der Waals surface area contributed by atoms with Crippen LogP contribution in [0.4, 0.5) is 5.69 Å². The van der Waals surface area contributed by atoms with Crippen LogP contribution in [0, 0.1) is 0 Å². The predicted molar refractivity (Wildman–Crippen MR) is 121 cm³/mol. The van der Waals surface area contributed by atoms with Crippen LogP contribution in [0.2, 0.25) is 0 Å². The number of benzene rings is 2. The number of rotatable bonds is 6. The SMILES string of the molecule is COc1ccc(/C=C2/SC(=S)N(CC(=O)Nc3ccc4c(c3)OCO4)C2=O)cc1OC. The quantitative estimate of drug-likeness (QED) is 0.522. The topological polar surface area (TPSA) is 86.3 Å². The van der Waals surface area contributed by atoms with Crippen molar-refractivity contribution in [2.75, 3.05) is 32.9 Å². The molecule has 31 heavy (non-hydrogen) atoms. The summed E-state index contributed by atoms with van der Waals surface area (Å²) in [6.45, 7) is -0.0436. The Bertz CT molecular complexity index is 1100. The molecule has 2 aromatic carbocycles. The normalized spacial score (nSPS) is 16.1. The number of amides is 2. The van der Waals surface area contributed by atoms with Crippen molar-refractivity contribution in [2.45, 2.75) is 0 Å². The molecule has 4 rings (SSSR count). The Morgan fingerprint density at radius 1 is 1.16 bits per heavy atom. The van der Waals surface area contributed by atoms with Crippen LogP contribution >= 0.6 is 24.0 Å². The van der Waals surface area contributed by atoms with Gasteiger partial charge < -0.3 is 24.3 Å². The van der Waals surface area contributed by atoms with Crippen LogP contribution in [0.3, 0.4) is 0 Å². The van der Waals surface area contributed by atoms with Crippen molar-refractivity contribution in [3.8, 4) is 23.0 Å². The molecule has 160 valence electrons. The summed E-state index contributed by atoms with van der Waals surface area (Å²) in [5.41, 5.74) is 1.29. The van der Waals surface area contributed by atoms with E-state index >= 15 is 0 Å². The molecule has 0 bridgehead atoms. The van der Waals surface area contributed by atoms with E-state index < -0.39 is 0 Å². The molecule has 2 amide bonds. The lowest BCUT2D eigenvalue weighted by Crippen LogP contribution is -2.36. The Labute approximate surface area is 188 Å². The fourth-order valence-electron chi connectivity index (χ4n) is 3.05. The Morgan fingerprint density at radius 3 is 2.71 bits per heavy atom. The molecule has 0 saturated carbocycles. The summed E-state index contributed by atoms with van der Waals surface area (Å²) in [5, 5.41) is 2.74. The number of ether oxygens (including phenoxy) is 4. The van der Waals surface area contributed by atoms with Crippen LogP contribution in [0.15, 0.2) is 41.3 Å². The van der Waals surface area contributed by atoms with E-state index in [9.17, 15) is 9.59 Å². The van der Waals surface area contributed by atoms with Gasteiger partial charge in [0.05, 0.1) is 19.1 Å². The Hall–Kier alpha value is -3.24. The maximum Gasteiger partial charge on any atom is 0.266 e. The number of nitrogens with zero attached hydrogens (tertiary/aromatic N) is 1. The van der Waals surface area contributed by atoms with E-state index in [1.807, 2.05) is 0 Å². The molecule has 10 heteroatoms. The molecule has 1 saturated heterocycles. The molecule has 0 unspecified atom stereocenters. The van der Waals surface area contributed by atoms with Gasteiger partial charge >= 0.3 is 0 Å². The summed E-state index contributed by atoms with van der Waals surface area (Å²) >= 11 is 6.46. The minimum absolute atomic E-state index is 0.148. The molecule has 0 aliphatic carbocycles. The molecule has 1 N–H and O–H groups in total. The Balaban J connectivity index is 1.44. The van der Waals surface area contributed by atoms with Gasteiger partial charge in [-0.25, -0.2) is 0 Å². The zero-order valence-electron chi connectivity index (χ0n) is 16.7. The number of fused-ring (bicyclic) bond motifs is 1. The van der Waals surface area contributed by atoms with E-state index in [1.165, 1.54) is 4.90 Å². The summed E-state index contributed by atoms with van der Waals surface area (Å²) in [4.78, 5) is 27.0.